The number of nitrogens with zero attached hydrogens (tertiary/aromatic N) is 2. The Kier molecular flexibility index (Phi) is 4.53. The highest BCUT2D eigenvalue weighted by Gasteiger charge is 2.12. The summed E-state index contributed by atoms with van der Waals surface area (Å²) in [6.07, 6.45) is 2.13. The van der Waals surface area contributed by atoms with E-state index in [4.69, 9.17) is 5.11 Å². The summed E-state index contributed by atoms with van der Waals surface area (Å²) in [5, 5.41) is 14.4. The predicted molar refractivity (Wildman–Crippen MR) is 89.4 cm³/mol. The van der Waals surface area contributed by atoms with Gasteiger partial charge < -0.3 is 10.4 Å². The first kappa shape index (κ1) is 15.7. The number of H-pyrrole nitrogens is 1. The van der Waals surface area contributed by atoms with E-state index < -0.39 is 5.91 Å². The van der Waals surface area contributed by atoms with Crippen LogP contribution in [0.4, 0.5) is 5.69 Å². The lowest BCUT2D eigenvalue weighted by Gasteiger charge is -2.05. The Morgan fingerprint density at radius 3 is 2.67 bits per heavy atom. The van der Waals surface area contributed by atoms with Gasteiger partial charge in [0.05, 0.1) is 0 Å². The van der Waals surface area contributed by atoms with Crippen LogP contribution in [0.25, 0.3) is 5.82 Å². The van der Waals surface area contributed by atoms with Crippen LogP contribution in [0.1, 0.15) is 16.1 Å². The number of benzene rings is 1. The van der Waals surface area contributed by atoms with Crippen LogP contribution in [0.5, 0.6) is 0 Å². The molecule has 0 atom stereocenters. The van der Waals surface area contributed by atoms with Crippen molar-refractivity contribution in [3.8, 4) is 5.82 Å². The van der Waals surface area contributed by atoms with E-state index in [0.29, 0.717) is 17.9 Å². The van der Waals surface area contributed by atoms with E-state index in [1.807, 2.05) is 12.1 Å². The van der Waals surface area contributed by atoms with Crippen molar-refractivity contribution in [2.24, 2.45) is 0 Å². The Labute approximate surface area is 137 Å². The molecule has 0 saturated heterocycles. The third-order valence-corrected chi connectivity index (χ3v) is 3.46. The van der Waals surface area contributed by atoms with Gasteiger partial charge in [0.25, 0.3) is 11.5 Å². The SMILES string of the molecule is O=C(Nc1ccc(CCO)cc1)c1cc(=O)n(-c2ccccn2)[nH]1. The Morgan fingerprint density at radius 2 is 2.00 bits per heavy atom. The number of anilines is 1. The molecule has 3 aromatic rings. The van der Waals surface area contributed by atoms with Crippen LogP contribution in [0.2, 0.25) is 0 Å². The lowest BCUT2D eigenvalue weighted by Crippen LogP contribution is -2.15. The third-order valence-electron chi connectivity index (χ3n) is 3.46. The highest BCUT2D eigenvalue weighted by Crippen LogP contribution is 2.11. The fourth-order valence-electron chi connectivity index (χ4n) is 2.25. The molecule has 2 aromatic heterocycles. The van der Waals surface area contributed by atoms with E-state index in [9.17, 15) is 9.59 Å². The van der Waals surface area contributed by atoms with Crippen molar-refractivity contribution in [3.05, 3.63) is 76.3 Å². The molecule has 7 nitrogen and oxygen atoms in total. The summed E-state index contributed by atoms with van der Waals surface area (Å²) in [6.45, 7) is 0.0774. The maximum absolute atomic E-state index is 12.3. The number of amides is 1. The van der Waals surface area contributed by atoms with Crippen LogP contribution in [0.3, 0.4) is 0 Å². The number of nitrogens with one attached hydrogen (secondary N) is 2. The van der Waals surface area contributed by atoms with Crippen molar-refractivity contribution in [2.45, 2.75) is 6.42 Å². The van der Waals surface area contributed by atoms with Gasteiger partial charge >= 0.3 is 0 Å². The molecule has 7 heteroatoms. The molecule has 0 fully saturated rings. The number of aliphatic hydroxyl groups is 1. The van der Waals surface area contributed by atoms with E-state index in [0.717, 1.165) is 5.56 Å². The largest absolute Gasteiger partial charge is 0.396 e. The van der Waals surface area contributed by atoms with Crippen molar-refractivity contribution in [1.82, 2.24) is 14.8 Å². The second-order valence-corrected chi connectivity index (χ2v) is 5.16. The Morgan fingerprint density at radius 1 is 1.21 bits per heavy atom. The molecule has 0 aliphatic rings. The van der Waals surface area contributed by atoms with Gasteiger partial charge in [-0.1, -0.05) is 18.2 Å². The number of carbonyl (C=O) groups is 1. The number of aliphatic hydroxyl groups excluding tert-OH is 1. The van der Waals surface area contributed by atoms with Gasteiger partial charge in [0.1, 0.15) is 5.69 Å². The molecule has 0 aliphatic carbocycles. The average molecular weight is 324 g/mol. The summed E-state index contributed by atoms with van der Waals surface area (Å²) in [5.41, 5.74) is 1.36. The monoisotopic (exact) mass is 324 g/mol. The molecule has 0 aliphatic heterocycles. The van der Waals surface area contributed by atoms with Crippen LogP contribution in [0, 0.1) is 0 Å². The second-order valence-electron chi connectivity index (χ2n) is 5.16. The lowest BCUT2D eigenvalue weighted by atomic mass is 10.1. The molecule has 0 unspecified atom stereocenters. The molecule has 1 aromatic carbocycles. The number of pyridine rings is 1. The van der Waals surface area contributed by atoms with Gasteiger partial charge in [-0.15, -0.1) is 0 Å². The van der Waals surface area contributed by atoms with E-state index in [2.05, 4.69) is 15.4 Å². The fraction of sp³-hybridized carbons (Fsp3) is 0.118. The van der Waals surface area contributed by atoms with Crippen molar-refractivity contribution in [3.63, 3.8) is 0 Å². The Balaban J connectivity index is 1.77. The van der Waals surface area contributed by atoms with E-state index in [1.54, 1.807) is 36.5 Å². The van der Waals surface area contributed by atoms with Crippen LogP contribution < -0.4 is 10.9 Å². The van der Waals surface area contributed by atoms with Crippen molar-refractivity contribution >= 4 is 11.6 Å². The van der Waals surface area contributed by atoms with Gasteiger partial charge in [-0.2, -0.15) is 0 Å². The van der Waals surface area contributed by atoms with Gasteiger partial charge in [-0.25, -0.2) is 9.67 Å². The number of aromatic amines is 1. The molecule has 1 amide bonds. The highest BCUT2D eigenvalue weighted by molar-refractivity contribution is 6.02. The smallest absolute Gasteiger partial charge is 0.273 e. The van der Waals surface area contributed by atoms with Crippen LogP contribution in [0.15, 0.2) is 59.5 Å². The van der Waals surface area contributed by atoms with Gasteiger partial charge in [0.15, 0.2) is 5.82 Å². The number of hydrogen-bond donors (Lipinski definition) is 3. The minimum atomic E-state index is -0.420. The minimum Gasteiger partial charge on any atom is -0.396 e. The van der Waals surface area contributed by atoms with Gasteiger partial charge in [0.2, 0.25) is 0 Å². The van der Waals surface area contributed by atoms with E-state index >= 15 is 0 Å². The summed E-state index contributed by atoms with van der Waals surface area (Å²) in [5.74, 6) is -0.00778. The molecule has 3 rings (SSSR count). The second kappa shape index (κ2) is 6.93. The average Bonchev–Trinajstić information content (AvgIpc) is 3.00. The van der Waals surface area contributed by atoms with Crippen molar-refractivity contribution in [2.75, 3.05) is 11.9 Å². The highest BCUT2D eigenvalue weighted by atomic mass is 16.3. The van der Waals surface area contributed by atoms with Gasteiger partial charge in [-0.3, -0.25) is 14.7 Å². The van der Waals surface area contributed by atoms with Crippen LogP contribution >= 0.6 is 0 Å². The minimum absolute atomic E-state index is 0.0774. The first-order chi connectivity index (χ1) is 11.7. The lowest BCUT2D eigenvalue weighted by molar-refractivity contribution is 0.102. The molecule has 24 heavy (non-hydrogen) atoms. The van der Waals surface area contributed by atoms with E-state index in [1.165, 1.54) is 10.7 Å². The molecular weight excluding hydrogens is 308 g/mol. The molecular formula is C17H16N4O3. The zero-order chi connectivity index (χ0) is 16.9. The molecule has 0 radical (unpaired) electrons. The topological polar surface area (TPSA) is 100 Å². The molecule has 0 saturated carbocycles. The molecule has 0 spiro atoms. The zero-order valence-corrected chi connectivity index (χ0v) is 12.8. The first-order valence-electron chi connectivity index (χ1n) is 7.42. The standard InChI is InChI=1S/C17H16N4O3/c22-10-8-12-4-6-13(7-5-12)19-17(24)14-11-16(23)21(20-14)15-3-1-2-9-18-15/h1-7,9,11,20,22H,8,10H2,(H,19,24). The number of carbonyl (C=O) groups excluding carboxylic acids is 1. The summed E-state index contributed by atoms with van der Waals surface area (Å²) in [7, 11) is 0. The third kappa shape index (κ3) is 3.41. The molecule has 122 valence electrons. The maximum atomic E-state index is 12.3. The van der Waals surface area contributed by atoms with Crippen molar-refractivity contribution < 1.29 is 9.90 Å². The van der Waals surface area contributed by atoms with Gasteiger partial charge in [-0.05, 0) is 36.2 Å². The first-order valence-corrected chi connectivity index (χ1v) is 7.42. The predicted octanol–water partition coefficient (Wildman–Crippen LogP) is 1.35. The summed E-state index contributed by atoms with van der Waals surface area (Å²) in [4.78, 5) is 28.3. The van der Waals surface area contributed by atoms with Gasteiger partial charge in [0, 0.05) is 24.6 Å². The summed E-state index contributed by atoms with van der Waals surface area (Å²) in [6, 6.07) is 13.5. The van der Waals surface area contributed by atoms with Crippen LogP contribution in [-0.4, -0.2) is 32.4 Å². The normalized spacial score (nSPS) is 10.5. The number of rotatable bonds is 5. The van der Waals surface area contributed by atoms with Crippen molar-refractivity contribution in [1.29, 1.82) is 0 Å². The molecule has 0 bridgehead atoms. The number of aromatic nitrogens is 3. The zero-order valence-electron chi connectivity index (χ0n) is 12.8. The summed E-state index contributed by atoms with van der Waals surface area (Å²) >= 11 is 0. The van der Waals surface area contributed by atoms with E-state index in [-0.39, 0.29) is 17.9 Å². The number of hydrogen-bond acceptors (Lipinski definition) is 4. The Hall–Kier alpha value is -3.19. The maximum Gasteiger partial charge on any atom is 0.273 e. The summed E-state index contributed by atoms with van der Waals surface area (Å²) < 4.78 is 1.21. The molecule has 2 heterocycles. The van der Waals surface area contributed by atoms with Crippen LogP contribution in [-0.2, 0) is 6.42 Å². The fourth-order valence-corrected chi connectivity index (χ4v) is 2.25. The quantitative estimate of drug-likeness (QED) is 0.659. The molecule has 3 N–H and O–H groups in total. The Bertz CT molecular complexity index is 882.